The lowest BCUT2D eigenvalue weighted by Gasteiger charge is -2.35. The number of amides is 2. The molecule has 1 aromatic rings. The fourth-order valence-electron chi connectivity index (χ4n) is 4.14. The molecule has 2 amide bonds. The van der Waals surface area contributed by atoms with Gasteiger partial charge in [0.2, 0.25) is 5.91 Å². The van der Waals surface area contributed by atoms with E-state index in [4.69, 9.17) is 0 Å². The Morgan fingerprint density at radius 1 is 1.22 bits per heavy atom. The van der Waals surface area contributed by atoms with Crippen LogP contribution in [0, 0.1) is 5.92 Å². The molecule has 6 heteroatoms. The van der Waals surface area contributed by atoms with E-state index in [1.165, 1.54) is 0 Å². The summed E-state index contributed by atoms with van der Waals surface area (Å²) in [7, 11) is 3.99. The number of carbonyl (C=O) groups excluding carboxylic acids is 2. The molecule has 3 atom stereocenters. The summed E-state index contributed by atoms with van der Waals surface area (Å²) in [6.07, 6.45) is 3.91. The minimum absolute atomic E-state index is 0.0420. The predicted octanol–water partition coefficient (Wildman–Crippen LogP) is 2.18. The largest absolute Gasteiger partial charge is 0.337 e. The van der Waals surface area contributed by atoms with Gasteiger partial charge in [-0.1, -0.05) is 0 Å². The number of piperidine rings is 2. The number of nitrogens with zero attached hydrogens (tertiary/aromatic N) is 2. The average Bonchev–Trinajstić information content (AvgIpc) is 2.67. The zero-order valence-electron chi connectivity index (χ0n) is 16.7. The Balaban J connectivity index is 1.57. The molecule has 2 fully saturated rings. The first-order valence-corrected chi connectivity index (χ1v) is 10.0. The number of benzene rings is 1. The van der Waals surface area contributed by atoms with Crippen molar-refractivity contribution in [3.63, 3.8) is 0 Å². The number of rotatable bonds is 4. The fourth-order valence-corrected chi connectivity index (χ4v) is 4.14. The Kier molecular flexibility index (Phi) is 6.50. The maximum absolute atomic E-state index is 12.8. The van der Waals surface area contributed by atoms with Gasteiger partial charge in [0.15, 0.2) is 0 Å². The Morgan fingerprint density at radius 2 is 1.96 bits per heavy atom. The van der Waals surface area contributed by atoms with E-state index in [-0.39, 0.29) is 23.8 Å². The van der Waals surface area contributed by atoms with Gasteiger partial charge in [-0.05, 0) is 77.0 Å². The number of nitrogens with one attached hydrogen (secondary N) is 2. The Bertz CT molecular complexity index is 661. The molecule has 0 aromatic heterocycles. The fraction of sp³-hybridized carbons (Fsp3) is 0.619. The number of carbonyl (C=O) groups is 2. The molecule has 148 valence electrons. The second-order valence-corrected chi connectivity index (χ2v) is 8.12. The second kappa shape index (κ2) is 8.85. The summed E-state index contributed by atoms with van der Waals surface area (Å²) in [5, 5.41) is 6.36. The van der Waals surface area contributed by atoms with Crippen molar-refractivity contribution in [2.24, 2.45) is 5.92 Å². The molecule has 2 aliphatic rings. The zero-order valence-corrected chi connectivity index (χ0v) is 16.7. The summed E-state index contributed by atoms with van der Waals surface area (Å²) in [5.41, 5.74) is 1.42. The van der Waals surface area contributed by atoms with Gasteiger partial charge in [-0.3, -0.25) is 9.59 Å². The van der Waals surface area contributed by atoms with E-state index in [9.17, 15) is 9.59 Å². The smallest absolute Gasteiger partial charge is 0.253 e. The molecule has 3 rings (SSSR count). The Hall–Kier alpha value is -1.92. The first-order valence-electron chi connectivity index (χ1n) is 10.0. The lowest BCUT2D eigenvalue weighted by Crippen LogP contribution is -2.47. The van der Waals surface area contributed by atoms with Crippen LogP contribution in [-0.4, -0.2) is 67.4 Å². The summed E-state index contributed by atoms with van der Waals surface area (Å²) >= 11 is 0. The molecular weight excluding hydrogens is 340 g/mol. The van der Waals surface area contributed by atoms with Crippen molar-refractivity contribution in [2.45, 2.75) is 44.7 Å². The van der Waals surface area contributed by atoms with E-state index < -0.39 is 0 Å². The number of anilines is 1. The quantitative estimate of drug-likeness (QED) is 0.850. The third-order valence-electron chi connectivity index (χ3n) is 5.86. The molecular formula is C21H32N4O2. The molecule has 1 aromatic carbocycles. The highest BCUT2D eigenvalue weighted by atomic mass is 16.2. The molecule has 0 saturated carbocycles. The van der Waals surface area contributed by atoms with Gasteiger partial charge < -0.3 is 20.4 Å². The van der Waals surface area contributed by atoms with Gasteiger partial charge >= 0.3 is 0 Å². The van der Waals surface area contributed by atoms with Gasteiger partial charge in [0.05, 0.1) is 0 Å². The standard InChI is InChI=1S/C21H32N4O2/c1-15-13-17(10-11-22-15)20(26)23-18-8-6-16(7-9-18)21(27)25(3)19-5-4-12-24(2)14-19/h6-9,15,17,19,22H,4-5,10-14H2,1-3H3,(H,23,26)/t15-,17-,19?/m0/s1. The lowest BCUT2D eigenvalue weighted by atomic mass is 9.92. The molecule has 0 spiro atoms. The van der Waals surface area contributed by atoms with Crippen molar-refractivity contribution in [2.75, 3.05) is 39.0 Å². The predicted molar refractivity (Wildman–Crippen MR) is 108 cm³/mol. The van der Waals surface area contributed by atoms with Gasteiger partial charge in [0.1, 0.15) is 0 Å². The summed E-state index contributed by atoms with van der Waals surface area (Å²) in [6.45, 7) is 5.02. The monoisotopic (exact) mass is 372 g/mol. The molecule has 0 radical (unpaired) electrons. The summed E-state index contributed by atoms with van der Waals surface area (Å²) < 4.78 is 0. The molecule has 0 aliphatic carbocycles. The van der Waals surface area contributed by atoms with Crippen LogP contribution in [-0.2, 0) is 4.79 Å². The topological polar surface area (TPSA) is 64.7 Å². The van der Waals surface area contributed by atoms with Crippen LogP contribution < -0.4 is 10.6 Å². The van der Waals surface area contributed by atoms with Crippen LogP contribution in [0.2, 0.25) is 0 Å². The van der Waals surface area contributed by atoms with E-state index in [1.54, 1.807) is 0 Å². The van der Waals surface area contributed by atoms with E-state index in [1.807, 2.05) is 36.2 Å². The molecule has 1 unspecified atom stereocenters. The van der Waals surface area contributed by atoms with Crippen molar-refractivity contribution in [3.05, 3.63) is 29.8 Å². The van der Waals surface area contributed by atoms with Crippen LogP contribution in [0.4, 0.5) is 5.69 Å². The molecule has 2 saturated heterocycles. The van der Waals surface area contributed by atoms with Gasteiger partial charge in [0, 0.05) is 42.8 Å². The summed E-state index contributed by atoms with van der Waals surface area (Å²) in [5.74, 6) is 0.169. The molecule has 6 nitrogen and oxygen atoms in total. The van der Waals surface area contributed by atoms with Gasteiger partial charge in [0.25, 0.3) is 5.91 Å². The van der Waals surface area contributed by atoms with Crippen molar-refractivity contribution in [3.8, 4) is 0 Å². The molecule has 0 bridgehead atoms. The Morgan fingerprint density at radius 3 is 2.63 bits per heavy atom. The van der Waals surface area contributed by atoms with E-state index in [0.29, 0.717) is 11.6 Å². The number of hydrogen-bond acceptors (Lipinski definition) is 4. The van der Waals surface area contributed by atoms with Crippen molar-refractivity contribution in [1.29, 1.82) is 0 Å². The van der Waals surface area contributed by atoms with Gasteiger partial charge in [-0.25, -0.2) is 0 Å². The first-order chi connectivity index (χ1) is 12.9. The van der Waals surface area contributed by atoms with Gasteiger partial charge in [-0.2, -0.15) is 0 Å². The number of hydrogen-bond donors (Lipinski definition) is 2. The third kappa shape index (κ3) is 5.08. The minimum Gasteiger partial charge on any atom is -0.337 e. The molecule has 2 N–H and O–H groups in total. The van der Waals surface area contributed by atoms with Crippen LogP contribution >= 0.6 is 0 Å². The highest BCUT2D eigenvalue weighted by Crippen LogP contribution is 2.20. The maximum atomic E-state index is 12.8. The van der Waals surface area contributed by atoms with E-state index in [2.05, 4.69) is 29.5 Å². The van der Waals surface area contributed by atoms with Gasteiger partial charge in [-0.15, -0.1) is 0 Å². The number of likely N-dealkylation sites (tertiary alicyclic amines) is 1. The molecule has 2 aliphatic heterocycles. The normalized spacial score (nSPS) is 26.4. The first kappa shape index (κ1) is 19.8. The van der Waals surface area contributed by atoms with E-state index in [0.717, 1.165) is 51.0 Å². The average molecular weight is 373 g/mol. The van der Waals surface area contributed by atoms with E-state index >= 15 is 0 Å². The van der Waals surface area contributed by atoms with Crippen LogP contribution in [0.5, 0.6) is 0 Å². The highest BCUT2D eigenvalue weighted by Gasteiger charge is 2.26. The van der Waals surface area contributed by atoms with Crippen molar-refractivity contribution in [1.82, 2.24) is 15.1 Å². The number of likely N-dealkylation sites (N-methyl/N-ethyl adjacent to an activating group) is 2. The van der Waals surface area contributed by atoms with Crippen LogP contribution in [0.1, 0.15) is 43.0 Å². The van der Waals surface area contributed by atoms with Crippen molar-refractivity contribution >= 4 is 17.5 Å². The highest BCUT2D eigenvalue weighted by molar-refractivity contribution is 5.96. The lowest BCUT2D eigenvalue weighted by molar-refractivity contribution is -0.120. The summed E-state index contributed by atoms with van der Waals surface area (Å²) in [4.78, 5) is 29.4. The minimum atomic E-state index is 0.0420. The van der Waals surface area contributed by atoms with Crippen LogP contribution in [0.3, 0.4) is 0 Å². The molecule has 27 heavy (non-hydrogen) atoms. The zero-order chi connectivity index (χ0) is 19.4. The van der Waals surface area contributed by atoms with Crippen molar-refractivity contribution < 1.29 is 9.59 Å². The molecule has 2 heterocycles. The maximum Gasteiger partial charge on any atom is 0.253 e. The van der Waals surface area contributed by atoms with Crippen LogP contribution in [0.25, 0.3) is 0 Å². The summed E-state index contributed by atoms with van der Waals surface area (Å²) in [6, 6.07) is 7.92. The SMILES string of the molecule is C[C@H]1C[C@@H](C(=O)Nc2ccc(C(=O)N(C)C3CCCN(C)C3)cc2)CCN1. The third-order valence-corrected chi connectivity index (χ3v) is 5.86. The Labute approximate surface area is 162 Å². The second-order valence-electron chi connectivity index (χ2n) is 8.12. The van der Waals surface area contributed by atoms with Crippen LogP contribution in [0.15, 0.2) is 24.3 Å².